The molecule has 6 nitrogen and oxygen atoms in total. The van der Waals surface area contributed by atoms with Crippen molar-refractivity contribution in [3.05, 3.63) is 94.6 Å². The molecule has 2 heterocycles. The molecule has 2 atom stereocenters. The van der Waals surface area contributed by atoms with Crippen LogP contribution in [0, 0.1) is 0 Å². The van der Waals surface area contributed by atoms with Gasteiger partial charge < -0.3 is 14.6 Å². The molecular weight excluding hydrogens is 612 g/mol. The second-order valence-corrected chi connectivity index (χ2v) is 10.5. The molecule has 218 valence electrons. The zero-order chi connectivity index (χ0) is 29.3. The fourth-order valence-electron chi connectivity index (χ4n) is 4.43. The zero-order valence-corrected chi connectivity index (χ0v) is 24.4. The molecule has 1 N–H and O–H groups in total. The van der Waals surface area contributed by atoms with Gasteiger partial charge in [0.15, 0.2) is 0 Å². The zero-order valence-electron chi connectivity index (χ0n) is 22.1. The van der Waals surface area contributed by atoms with Crippen molar-refractivity contribution in [2.45, 2.75) is 25.1 Å². The van der Waals surface area contributed by atoms with E-state index < -0.39 is 24.2 Å². The highest BCUT2D eigenvalue weighted by Gasteiger charge is 2.45. The number of ether oxygens (including phenoxy) is 2. The van der Waals surface area contributed by atoms with Gasteiger partial charge in [0.2, 0.25) is 12.0 Å². The van der Waals surface area contributed by atoms with Gasteiger partial charge in [-0.1, -0.05) is 54.1 Å². The van der Waals surface area contributed by atoms with Crippen molar-refractivity contribution in [2.75, 3.05) is 7.11 Å². The van der Waals surface area contributed by atoms with E-state index in [0.717, 1.165) is 23.2 Å². The van der Waals surface area contributed by atoms with E-state index in [4.69, 9.17) is 21.1 Å². The van der Waals surface area contributed by atoms with E-state index in [1.807, 2.05) is 0 Å². The predicted molar refractivity (Wildman–Crippen MR) is 159 cm³/mol. The molecule has 0 spiro atoms. The number of hydrogen-bond donors (Lipinski definition) is 1. The van der Waals surface area contributed by atoms with Crippen molar-refractivity contribution < 1.29 is 32.5 Å². The minimum absolute atomic E-state index is 0. The smallest absolute Gasteiger partial charge is 0.429 e. The number of halogens is 5. The Kier molecular flexibility index (Phi) is 9.30. The van der Waals surface area contributed by atoms with Gasteiger partial charge in [0, 0.05) is 21.5 Å². The number of nitrogens with zero attached hydrogens (tertiary/aromatic N) is 2. The highest BCUT2D eigenvalue weighted by Crippen LogP contribution is 2.44. The summed E-state index contributed by atoms with van der Waals surface area (Å²) in [5.74, 6) is -1.36. The molecule has 3 aromatic carbocycles. The van der Waals surface area contributed by atoms with Crippen LogP contribution in [0.1, 0.15) is 30.1 Å². The minimum atomic E-state index is -4.80. The Hall–Kier alpha value is -3.86. The number of carbonyl (C=O) groups is 1. The summed E-state index contributed by atoms with van der Waals surface area (Å²) in [6.07, 6.45) is -6.00. The summed E-state index contributed by atoms with van der Waals surface area (Å²) >= 11 is 7.36. The summed E-state index contributed by atoms with van der Waals surface area (Å²) in [4.78, 5) is 19.7. The molecule has 42 heavy (non-hydrogen) atoms. The molecule has 0 aliphatic heterocycles. The van der Waals surface area contributed by atoms with Gasteiger partial charge in [0.1, 0.15) is 16.8 Å². The highest BCUT2D eigenvalue weighted by molar-refractivity contribution is 7.18. The van der Waals surface area contributed by atoms with E-state index in [9.17, 15) is 23.1 Å². The molecule has 2 unspecified atom stereocenters. The van der Waals surface area contributed by atoms with Crippen molar-refractivity contribution in [3.8, 4) is 33.9 Å². The number of thiophene rings is 1. The topological polar surface area (TPSA) is 81.5 Å². The highest BCUT2D eigenvalue weighted by atomic mass is 35.5. The fourth-order valence-corrected chi connectivity index (χ4v) is 5.56. The second-order valence-electron chi connectivity index (χ2n) is 9.19. The number of benzene rings is 3. The first-order valence-corrected chi connectivity index (χ1v) is 13.5. The van der Waals surface area contributed by atoms with Gasteiger partial charge in [0.25, 0.3) is 0 Å². The molecule has 2 aromatic heterocycles. The number of carboxylic acids is 1. The summed E-state index contributed by atoms with van der Waals surface area (Å²) < 4.78 is 55.1. The van der Waals surface area contributed by atoms with Gasteiger partial charge in [-0.2, -0.15) is 13.2 Å². The Labute approximate surface area is 254 Å². The summed E-state index contributed by atoms with van der Waals surface area (Å²) in [5.41, 5.74) is 3.03. The number of alkyl halides is 3. The quantitative estimate of drug-likeness (QED) is 0.183. The average Bonchev–Trinajstić information content (AvgIpc) is 3.40. The van der Waals surface area contributed by atoms with Crippen LogP contribution in [0.15, 0.2) is 78.4 Å². The fraction of sp³-hybridized carbons (Fsp3) is 0.167. The molecule has 0 radical (unpaired) electrons. The van der Waals surface area contributed by atoms with Gasteiger partial charge in [-0.05, 0) is 53.4 Å². The van der Waals surface area contributed by atoms with Gasteiger partial charge in [0.05, 0.1) is 18.5 Å². The molecule has 0 aliphatic rings. The maximum absolute atomic E-state index is 14.6. The van der Waals surface area contributed by atoms with Gasteiger partial charge >= 0.3 is 12.1 Å². The van der Waals surface area contributed by atoms with Crippen molar-refractivity contribution in [1.82, 2.24) is 9.97 Å². The molecule has 12 heteroatoms. The standard InChI is InChI=1S/C30H22ClF3N2O4S.ClH/c1-16(29(37)38)17-6-8-18(9-7-17)24-14-41-26-25(24)35-15-36-28(26)40-27(30(32,33)34)22-11-10-20(31)13-23(22)19-4-3-5-21(12-19)39-2;/h3-16,27H,1-2H3,(H,37,38);1H. The van der Waals surface area contributed by atoms with Crippen molar-refractivity contribution in [2.24, 2.45) is 0 Å². The predicted octanol–water partition coefficient (Wildman–Crippen LogP) is 8.98. The number of aliphatic carboxylic acids is 1. The molecule has 0 fully saturated rings. The lowest BCUT2D eigenvalue weighted by Crippen LogP contribution is -2.27. The SMILES string of the molecule is COc1cccc(-c2cc(Cl)ccc2C(Oc2ncnc3c(-c4ccc(C(C)C(=O)O)cc4)csc23)C(F)(F)F)c1.Cl. The Bertz CT molecular complexity index is 1730. The van der Waals surface area contributed by atoms with E-state index in [1.54, 1.807) is 60.8 Å². The van der Waals surface area contributed by atoms with Crippen molar-refractivity contribution in [3.63, 3.8) is 0 Å². The average molecular weight is 635 g/mol. The van der Waals surface area contributed by atoms with Crippen LogP contribution in [0.4, 0.5) is 13.2 Å². The number of aromatic nitrogens is 2. The molecule has 5 aromatic rings. The van der Waals surface area contributed by atoms with Crippen LogP contribution >= 0.6 is 35.3 Å². The summed E-state index contributed by atoms with van der Waals surface area (Å²) in [6, 6.07) is 17.7. The first-order valence-electron chi connectivity index (χ1n) is 12.3. The molecule has 0 bridgehead atoms. The summed E-state index contributed by atoms with van der Waals surface area (Å²) in [7, 11) is 1.47. The number of hydrogen-bond acceptors (Lipinski definition) is 6. The summed E-state index contributed by atoms with van der Waals surface area (Å²) in [5, 5.41) is 11.3. The van der Waals surface area contributed by atoms with E-state index in [0.29, 0.717) is 32.7 Å². The first-order chi connectivity index (χ1) is 19.6. The number of rotatable bonds is 8. The lowest BCUT2D eigenvalue weighted by molar-refractivity contribution is -0.198. The maximum atomic E-state index is 14.6. The number of fused-ring (bicyclic) bond motifs is 1. The Balaban J connectivity index is 0.00000405. The van der Waals surface area contributed by atoms with Crippen LogP contribution in [0.25, 0.3) is 32.5 Å². The van der Waals surface area contributed by atoms with Crippen molar-refractivity contribution >= 4 is 51.5 Å². The molecule has 0 amide bonds. The molecule has 0 aliphatic carbocycles. The Morgan fingerprint density at radius 3 is 2.40 bits per heavy atom. The molecular formula is C30H23Cl2F3N2O4S. The van der Waals surface area contributed by atoms with Crippen LogP contribution in [0.3, 0.4) is 0 Å². The van der Waals surface area contributed by atoms with E-state index in [1.165, 1.54) is 25.3 Å². The van der Waals surface area contributed by atoms with E-state index in [2.05, 4.69) is 9.97 Å². The lowest BCUT2D eigenvalue weighted by Gasteiger charge is -2.24. The van der Waals surface area contributed by atoms with Gasteiger partial charge in [-0.3, -0.25) is 4.79 Å². The van der Waals surface area contributed by atoms with E-state index in [-0.39, 0.29) is 34.4 Å². The third-order valence-corrected chi connectivity index (χ3v) is 7.81. The van der Waals surface area contributed by atoms with Crippen molar-refractivity contribution in [1.29, 1.82) is 0 Å². The Morgan fingerprint density at radius 2 is 1.74 bits per heavy atom. The first kappa shape index (κ1) is 31.1. The lowest BCUT2D eigenvalue weighted by atomic mass is 9.95. The molecule has 0 saturated carbocycles. The van der Waals surface area contributed by atoms with Crippen LogP contribution in [0.2, 0.25) is 5.02 Å². The third kappa shape index (κ3) is 6.30. The van der Waals surface area contributed by atoms with Crippen LogP contribution < -0.4 is 9.47 Å². The van der Waals surface area contributed by atoms with Gasteiger partial charge in [-0.15, -0.1) is 23.7 Å². The molecule has 0 saturated heterocycles. The van der Waals surface area contributed by atoms with Crippen LogP contribution in [-0.2, 0) is 4.79 Å². The monoisotopic (exact) mass is 634 g/mol. The second kappa shape index (κ2) is 12.6. The van der Waals surface area contributed by atoms with Gasteiger partial charge in [-0.25, -0.2) is 9.97 Å². The Morgan fingerprint density at radius 1 is 1.00 bits per heavy atom. The van der Waals surface area contributed by atoms with E-state index >= 15 is 0 Å². The normalized spacial score (nSPS) is 12.8. The number of carboxylic acid groups (broad SMARTS) is 1. The largest absolute Gasteiger partial charge is 0.497 e. The minimum Gasteiger partial charge on any atom is -0.497 e. The maximum Gasteiger partial charge on any atom is 0.429 e. The van der Waals surface area contributed by atoms with Crippen LogP contribution in [0.5, 0.6) is 11.6 Å². The molecule has 5 rings (SSSR count). The number of methoxy groups -OCH3 is 1. The summed E-state index contributed by atoms with van der Waals surface area (Å²) in [6.45, 7) is 1.59. The van der Waals surface area contributed by atoms with Crippen LogP contribution in [-0.4, -0.2) is 34.3 Å². The third-order valence-electron chi connectivity index (χ3n) is 6.62.